The predicted octanol–water partition coefficient (Wildman–Crippen LogP) is 4.64. The van der Waals surface area contributed by atoms with Gasteiger partial charge in [-0.25, -0.2) is 0 Å². The van der Waals surface area contributed by atoms with E-state index in [1.807, 2.05) is 30.5 Å². The highest BCUT2D eigenvalue weighted by Gasteiger charge is 2.26. The van der Waals surface area contributed by atoms with E-state index in [2.05, 4.69) is 50.9 Å². The molecule has 1 aliphatic heterocycles. The lowest BCUT2D eigenvalue weighted by Gasteiger charge is -2.13. The highest BCUT2D eigenvalue weighted by atomic mass is 16.3. The number of likely N-dealkylation sites (N-methyl/N-ethyl adjacent to an activating group) is 1. The van der Waals surface area contributed by atoms with Crippen molar-refractivity contribution in [1.29, 1.82) is 0 Å². The lowest BCUT2D eigenvalue weighted by molar-refractivity contribution is 0.322. The molecule has 2 aromatic carbocycles. The van der Waals surface area contributed by atoms with E-state index in [1.165, 1.54) is 11.1 Å². The van der Waals surface area contributed by atoms with E-state index in [1.54, 1.807) is 0 Å². The maximum Gasteiger partial charge on any atom is 0.200 e. The largest absolute Gasteiger partial charge is 0.494 e. The first-order chi connectivity index (χ1) is 14.6. The molecule has 150 valence electrons. The van der Waals surface area contributed by atoms with Gasteiger partial charge in [0, 0.05) is 59.4 Å². The number of aromatic nitrogens is 3. The summed E-state index contributed by atoms with van der Waals surface area (Å²) in [7, 11) is 2.14. The van der Waals surface area contributed by atoms with Crippen molar-refractivity contribution < 1.29 is 10.2 Å². The van der Waals surface area contributed by atoms with Gasteiger partial charge in [-0.1, -0.05) is 36.4 Å². The number of para-hydroxylation sites is 2. The van der Waals surface area contributed by atoms with Gasteiger partial charge in [-0.15, -0.1) is 0 Å². The maximum atomic E-state index is 10.8. The van der Waals surface area contributed by atoms with E-state index in [-0.39, 0.29) is 11.8 Å². The van der Waals surface area contributed by atoms with Crippen LogP contribution in [-0.2, 0) is 13.1 Å². The summed E-state index contributed by atoms with van der Waals surface area (Å²) in [6.07, 6.45) is 3.99. The summed E-state index contributed by atoms with van der Waals surface area (Å²) in [5.74, 6) is -0.0532. The second-order valence-electron chi connectivity index (χ2n) is 8.11. The van der Waals surface area contributed by atoms with E-state index >= 15 is 0 Å². The van der Waals surface area contributed by atoms with E-state index in [0.29, 0.717) is 11.1 Å². The Morgan fingerprint density at radius 2 is 1.63 bits per heavy atom. The molecule has 4 heterocycles. The molecular weight excluding hydrogens is 376 g/mol. The Morgan fingerprint density at radius 1 is 0.867 bits per heavy atom. The summed E-state index contributed by atoms with van der Waals surface area (Å²) in [5.41, 5.74) is 6.48. The summed E-state index contributed by atoms with van der Waals surface area (Å²) in [4.78, 5) is 8.34. The van der Waals surface area contributed by atoms with Crippen LogP contribution in [0, 0.1) is 0 Å². The third-order valence-corrected chi connectivity index (χ3v) is 6.23. The minimum absolute atomic E-state index is 0.0218. The van der Waals surface area contributed by atoms with E-state index in [9.17, 15) is 10.2 Å². The molecular formula is C24H22N4O2. The van der Waals surface area contributed by atoms with Gasteiger partial charge in [-0.05, 0) is 18.7 Å². The first-order valence-corrected chi connectivity index (χ1v) is 10.1. The Balaban J connectivity index is 1.66. The van der Waals surface area contributed by atoms with Crippen molar-refractivity contribution in [1.82, 2.24) is 19.4 Å². The molecule has 4 N–H and O–H groups in total. The summed E-state index contributed by atoms with van der Waals surface area (Å²) in [5, 5.41) is 23.6. The number of fused-ring (bicyclic) bond motifs is 1. The lowest BCUT2D eigenvalue weighted by atomic mass is 9.96. The average Bonchev–Trinajstić information content (AvgIpc) is 3.36. The molecule has 0 spiro atoms. The monoisotopic (exact) mass is 398 g/mol. The Morgan fingerprint density at radius 3 is 2.50 bits per heavy atom. The van der Waals surface area contributed by atoms with Crippen LogP contribution in [0.15, 0.2) is 54.9 Å². The maximum absolute atomic E-state index is 10.8. The molecule has 6 nitrogen and oxygen atoms in total. The molecule has 0 saturated carbocycles. The van der Waals surface area contributed by atoms with Crippen LogP contribution >= 0.6 is 0 Å². The van der Waals surface area contributed by atoms with Gasteiger partial charge in [0.2, 0.25) is 0 Å². The van der Waals surface area contributed by atoms with E-state index < -0.39 is 0 Å². The molecule has 0 radical (unpaired) electrons. The average molecular weight is 398 g/mol. The minimum atomic E-state index is -0.0314. The molecule has 30 heavy (non-hydrogen) atoms. The number of rotatable bonds is 2. The van der Waals surface area contributed by atoms with Gasteiger partial charge in [0.25, 0.3) is 0 Å². The fraction of sp³-hybridized carbons (Fsp3) is 0.167. The first-order valence-electron chi connectivity index (χ1n) is 10.1. The number of aromatic amines is 2. The van der Waals surface area contributed by atoms with E-state index in [4.69, 9.17) is 0 Å². The summed E-state index contributed by atoms with van der Waals surface area (Å²) < 4.78 is 2.27. The van der Waals surface area contributed by atoms with Gasteiger partial charge in [-0.3, -0.25) is 4.98 Å². The molecule has 0 atom stereocenters. The van der Waals surface area contributed by atoms with Gasteiger partial charge in [0.05, 0.1) is 16.6 Å². The van der Waals surface area contributed by atoms with Gasteiger partial charge in [0.15, 0.2) is 11.8 Å². The van der Waals surface area contributed by atoms with Crippen LogP contribution < -0.4 is 0 Å². The fourth-order valence-corrected chi connectivity index (χ4v) is 4.87. The van der Waals surface area contributed by atoms with Gasteiger partial charge < -0.3 is 24.7 Å². The standard InChI is InChI=1S/C24H22N4O2/c1-27-9-10-28-13-18(16-7-4-5-14(12-27)22(16)28)21-20(23(29)26-24(21)30)17-11-25-19-8-3-2-6-15(17)19/h2-8,11,13,25-26,29-30H,9-10,12H2,1H3. The van der Waals surface area contributed by atoms with Crippen LogP contribution in [0.4, 0.5) is 0 Å². The van der Waals surface area contributed by atoms with Crippen LogP contribution in [0.5, 0.6) is 11.8 Å². The molecule has 0 amide bonds. The van der Waals surface area contributed by atoms with Crippen molar-refractivity contribution >= 4 is 21.8 Å². The molecule has 6 heteroatoms. The van der Waals surface area contributed by atoms with Crippen LogP contribution in [0.3, 0.4) is 0 Å². The third kappa shape index (κ3) is 2.34. The smallest absolute Gasteiger partial charge is 0.200 e. The van der Waals surface area contributed by atoms with Crippen LogP contribution in [-0.4, -0.2) is 43.2 Å². The second kappa shape index (κ2) is 6.18. The predicted molar refractivity (Wildman–Crippen MR) is 119 cm³/mol. The molecule has 3 aromatic heterocycles. The highest BCUT2D eigenvalue weighted by molar-refractivity contribution is 6.08. The second-order valence-corrected chi connectivity index (χ2v) is 8.11. The molecule has 5 aromatic rings. The molecule has 6 rings (SSSR count). The summed E-state index contributed by atoms with van der Waals surface area (Å²) in [6.45, 7) is 2.72. The van der Waals surface area contributed by atoms with Crippen molar-refractivity contribution in [3.05, 3.63) is 60.4 Å². The lowest BCUT2D eigenvalue weighted by Crippen LogP contribution is -2.19. The number of H-pyrrole nitrogens is 2. The Hall–Kier alpha value is -3.64. The Bertz CT molecular complexity index is 1420. The number of benzene rings is 2. The first kappa shape index (κ1) is 17.2. The molecule has 1 aliphatic rings. The molecule has 0 unspecified atom stereocenters. The highest BCUT2D eigenvalue weighted by Crippen LogP contribution is 2.49. The number of nitrogens with zero attached hydrogens (tertiary/aromatic N) is 2. The van der Waals surface area contributed by atoms with Crippen LogP contribution in [0.1, 0.15) is 5.56 Å². The van der Waals surface area contributed by atoms with Crippen LogP contribution in [0.25, 0.3) is 44.1 Å². The topological polar surface area (TPSA) is 80.2 Å². The van der Waals surface area contributed by atoms with E-state index in [0.717, 1.165) is 47.1 Å². The summed E-state index contributed by atoms with van der Waals surface area (Å²) in [6, 6.07) is 14.3. The fourth-order valence-electron chi connectivity index (χ4n) is 4.87. The number of hydrogen-bond donors (Lipinski definition) is 4. The van der Waals surface area contributed by atoms with Crippen molar-refractivity contribution in [3.8, 4) is 34.0 Å². The van der Waals surface area contributed by atoms with Crippen molar-refractivity contribution in [2.75, 3.05) is 13.6 Å². The van der Waals surface area contributed by atoms with Crippen LogP contribution in [0.2, 0.25) is 0 Å². The zero-order chi connectivity index (χ0) is 20.4. The molecule has 0 bridgehead atoms. The molecule has 0 saturated heterocycles. The number of nitrogens with one attached hydrogen (secondary N) is 2. The molecule has 0 aliphatic carbocycles. The third-order valence-electron chi connectivity index (χ3n) is 6.23. The van der Waals surface area contributed by atoms with Crippen molar-refractivity contribution in [3.63, 3.8) is 0 Å². The van der Waals surface area contributed by atoms with Gasteiger partial charge in [0.1, 0.15) is 0 Å². The normalized spacial score (nSPS) is 14.6. The minimum Gasteiger partial charge on any atom is -0.494 e. The Labute approximate surface area is 173 Å². The molecule has 0 fully saturated rings. The Kier molecular flexibility index (Phi) is 3.55. The van der Waals surface area contributed by atoms with Gasteiger partial charge >= 0.3 is 0 Å². The van der Waals surface area contributed by atoms with Gasteiger partial charge in [-0.2, -0.15) is 0 Å². The van der Waals surface area contributed by atoms with Crippen molar-refractivity contribution in [2.45, 2.75) is 13.1 Å². The zero-order valence-electron chi connectivity index (χ0n) is 16.6. The zero-order valence-corrected chi connectivity index (χ0v) is 16.6. The quantitative estimate of drug-likeness (QED) is 0.350. The number of hydrogen-bond acceptors (Lipinski definition) is 3. The summed E-state index contributed by atoms with van der Waals surface area (Å²) >= 11 is 0. The van der Waals surface area contributed by atoms with Crippen molar-refractivity contribution in [2.24, 2.45) is 0 Å². The SMILES string of the molecule is CN1CCn2cc(-c3c(O)[nH]c(O)c3-c3c[nH]c4ccccc34)c3cccc(c32)C1. The number of aromatic hydroxyl groups is 2.